The second-order valence-electron chi connectivity index (χ2n) is 3.98. The van der Waals surface area contributed by atoms with Gasteiger partial charge in [-0.05, 0) is 20.4 Å². The van der Waals surface area contributed by atoms with Crippen molar-refractivity contribution < 1.29 is 4.74 Å². The molecule has 0 saturated carbocycles. The van der Waals surface area contributed by atoms with Crippen LogP contribution in [0.15, 0.2) is 6.20 Å². The quantitative estimate of drug-likeness (QED) is 0.837. The van der Waals surface area contributed by atoms with Crippen LogP contribution in [0.4, 0.5) is 0 Å². The van der Waals surface area contributed by atoms with E-state index in [1.54, 1.807) is 13.3 Å². The Balaban J connectivity index is 3.01. The molecular weight excluding hydrogens is 226 g/mol. The lowest BCUT2D eigenvalue weighted by atomic mass is 10.2. The van der Waals surface area contributed by atoms with E-state index in [9.17, 15) is 0 Å². The van der Waals surface area contributed by atoms with Crippen LogP contribution in [-0.2, 0) is 4.74 Å². The third-order valence-corrected chi connectivity index (χ3v) is 2.68. The van der Waals surface area contributed by atoms with Gasteiger partial charge in [-0.25, -0.2) is 0 Å². The average Bonchev–Trinajstić information content (AvgIpc) is 2.60. The average molecular weight is 246 g/mol. The first-order valence-corrected chi connectivity index (χ1v) is 5.94. The summed E-state index contributed by atoms with van der Waals surface area (Å²) in [7, 11) is 1.69. The number of nitrogens with one attached hydrogen (secondary N) is 1. The Bertz CT molecular complexity index is 319. The molecule has 4 nitrogen and oxygen atoms in total. The van der Waals surface area contributed by atoms with Crippen LogP contribution >= 0.6 is 11.6 Å². The molecule has 0 aliphatic rings. The normalized spacial score (nSPS) is 13.4. The molecule has 1 atom stereocenters. The number of nitrogens with zero attached hydrogens (tertiary/aromatic N) is 2. The predicted molar refractivity (Wildman–Crippen MR) is 65.9 cm³/mol. The highest BCUT2D eigenvalue weighted by atomic mass is 35.5. The van der Waals surface area contributed by atoms with Crippen molar-refractivity contribution in [2.24, 2.45) is 0 Å². The number of halogens is 1. The van der Waals surface area contributed by atoms with Gasteiger partial charge < -0.3 is 10.1 Å². The maximum atomic E-state index is 6.18. The smallest absolute Gasteiger partial charge is 0.0835 e. The van der Waals surface area contributed by atoms with Gasteiger partial charge in [0, 0.05) is 13.2 Å². The first-order valence-electron chi connectivity index (χ1n) is 5.57. The van der Waals surface area contributed by atoms with Gasteiger partial charge in [-0.2, -0.15) is 5.10 Å². The van der Waals surface area contributed by atoms with Crippen molar-refractivity contribution in [3.05, 3.63) is 16.9 Å². The topological polar surface area (TPSA) is 39.1 Å². The zero-order valence-electron chi connectivity index (χ0n) is 10.3. The highest BCUT2D eigenvalue weighted by Crippen LogP contribution is 2.25. The van der Waals surface area contributed by atoms with Gasteiger partial charge in [0.1, 0.15) is 0 Å². The first-order chi connectivity index (χ1) is 7.61. The molecule has 1 unspecified atom stereocenters. The molecule has 0 radical (unpaired) electrons. The summed E-state index contributed by atoms with van der Waals surface area (Å²) in [6, 6.07) is 0.382. The number of hydrogen-bond donors (Lipinski definition) is 1. The molecule has 0 aliphatic carbocycles. The van der Waals surface area contributed by atoms with E-state index in [2.05, 4.69) is 31.2 Å². The van der Waals surface area contributed by atoms with Crippen LogP contribution in [0.25, 0.3) is 0 Å². The fourth-order valence-electron chi connectivity index (χ4n) is 1.74. The number of methoxy groups -OCH3 is 1. The van der Waals surface area contributed by atoms with Crippen LogP contribution in [0, 0.1) is 0 Å². The number of aromatic nitrogens is 2. The lowest BCUT2D eigenvalue weighted by molar-refractivity contribution is 0.163. The van der Waals surface area contributed by atoms with Crippen molar-refractivity contribution in [2.45, 2.75) is 32.9 Å². The predicted octanol–water partition coefficient (Wildman–Crippen LogP) is 2.41. The molecular formula is C11H20ClN3O. The monoisotopic (exact) mass is 245 g/mol. The molecule has 1 aromatic rings. The Morgan fingerprint density at radius 1 is 1.56 bits per heavy atom. The van der Waals surface area contributed by atoms with Crippen molar-refractivity contribution in [3.63, 3.8) is 0 Å². The molecule has 1 rings (SSSR count). The molecule has 0 saturated heterocycles. The van der Waals surface area contributed by atoms with Gasteiger partial charge in [0.2, 0.25) is 0 Å². The van der Waals surface area contributed by atoms with Crippen molar-refractivity contribution in [2.75, 3.05) is 20.3 Å². The summed E-state index contributed by atoms with van der Waals surface area (Å²) >= 11 is 6.18. The second kappa shape index (κ2) is 6.23. The van der Waals surface area contributed by atoms with Crippen molar-refractivity contribution in [1.29, 1.82) is 0 Å². The fourth-order valence-corrected chi connectivity index (χ4v) is 2.00. The molecule has 1 aromatic heterocycles. The van der Waals surface area contributed by atoms with Gasteiger partial charge in [-0.3, -0.25) is 4.68 Å². The molecule has 0 amide bonds. The Morgan fingerprint density at radius 2 is 2.25 bits per heavy atom. The van der Waals surface area contributed by atoms with Crippen LogP contribution in [0.5, 0.6) is 0 Å². The second-order valence-corrected chi connectivity index (χ2v) is 4.39. The summed E-state index contributed by atoms with van der Waals surface area (Å²) in [4.78, 5) is 0. The van der Waals surface area contributed by atoms with E-state index in [1.807, 2.05) is 4.68 Å². The van der Waals surface area contributed by atoms with Crippen LogP contribution in [-0.4, -0.2) is 30.0 Å². The lowest BCUT2D eigenvalue weighted by Gasteiger charge is -2.20. The lowest BCUT2D eigenvalue weighted by Crippen LogP contribution is -2.28. The summed E-state index contributed by atoms with van der Waals surface area (Å²) in [6.07, 6.45) is 1.69. The van der Waals surface area contributed by atoms with Crippen LogP contribution in [0.2, 0.25) is 5.02 Å². The molecule has 5 heteroatoms. The first kappa shape index (κ1) is 13.5. The summed E-state index contributed by atoms with van der Waals surface area (Å²) in [5, 5.41) is 8.33. The molecule has 0 bridgehead atoms. The SMILES string of the molecule is CCNC(COC)c1c(Cl)cnn1C(C)C. The van der Waals surface area contributed by atoms with Crippen molar-refractivity contribution >= 4 is 11.6 Å². The summed E-state index contributed by atoms with van der Waals surface area (Å²) < 4.78 is 7.15. The largest absolute Gasteiger partial charge is 0.383 e. The minimum atomic E-state index is 0.0902. The Labute approximate surface area is 102 Å². The van der Waals surface area contributed by atoms with E-state index in [-0.39, 0.29) is 6.04 Å². The van der Waals surface area contributed by atoms with Gasteiger partial charge >= 0.3 is 0 Å². The van der Waals surface area contributed by atoms with E-state index in [1.165, 1.54) is 0 Å². The molecule has 1 heterocycles. The highest BCUT2D eigenvalue weighted by Gasteiger charge is 2.20. The van der Waals surface area contributed by atoms with Gasteiger partial charge in [-0.15, -0.1) is 0 Å². The molecule has 1 N–H and O–H groups in total. The van der Waals surface area contributed by atoms with Crippen LogP contribution in [0.3, 0.4) is 0 Å². The Hall–Kier alpha value is -0.580. The number of rotatable bonds is 6. The van der Waals surface area contributed by atoms with Crippen LogP contribution in [0.1, 0.15) is 38.5 Å². The molecule has 0 aromatic carbocycles. The van der Waals surface area contributed by atoms with Crippen LogP contribution < -0.4 is 5.32 Å². The molecule has 0 aliphatic heterocycles. The minimum absolute atomic E-state index is 0.0902. The summed E-state index contributed by atoms with van der Waals surface area (Å²) in [6.45, 7) is 7.69. The number of likely N-dealkylation sites (N-methyl/N-ethyl adjacent to an activating group) is 1. The minimum Gasteiger partial charge on any atom is -0.383 e. The fraction of sp³-hybridized carbons (Fsp3) is 0.727. The molecule has 92 valence electrons. The highest BCUT2D eigenvalue weighted by molar-refractivity contribution is 6.31. The maximum absolute atomic E-state index is 6.18. The van der Waals surface area contributed by atoms with E-state index in [0.717, 1.165) is 12.2 Å². The zero-order valence-corrected chi connectivity index (χ0v) is 11.1. The van der Waals surface area contributed by atoms with Gasteiger partial charge in [0.05, 0.1) is 29.6 Å². The van der Waals surface area contributed by atoms with E-state index < -0.39 is 0 Å². The zero-order chi connectivity index (χ0) is 12.1. The van der Waals surface area contributed by atoms with Gasteiger partial charge in [0.15, 0.2) is 0 Å². The standard InChI is InChI=1S/C11H20ClN3O/c1-5-13-10(7-16-4)11-9(12)6-14-15(11)8(2)3/h6,8,10,13H,5,7H2,1-4H3. The van der Waals surface area contributed by atoms with Crippen molar-refractivity contribution in [1.82, 2.24) is 15.1 Å². The molecule has 16 heavy (non-hydrogen) atoms. The third-order valence-electron chi connectivity index (χ3n) is 2.39. The van der Waals surface area contributed by atoms with Crippen molar-refractivity contribution in [3.8, 4) is 0 Å². The van der Waals surface area contributed by atoms with Gasteiger partial charge in [0.25, 0.3) is 0 Å². The van der Waals surface area contributed by atoms with E-state index >= 15 is 0 Å². The third kappa shape index (κ3) is 2.97. The number of ether oxygens (including phenoxy) is 1. The molecule has 0 fully saturated rings. The molecule has 0 spiro atoms. The van der Waals surface area contributed by atoms with Gasteiger partial charge in [-0.1, -0.05) is 18.5 Å². The van der Waals surface area contributed by atoms with E-state index in [0.29, 0.717) is 17.7 Å². The Kier molecular flexibility index (Phi) is 5.25. The number of hydrogen-bond acceptors (Lipinski definition) is 3. The Morgan fingerprint density at radius 3 is 2.75 bits per heavy atom. The van der Waals surface area contributed by atoms with E-state index in [4.69, 9.17) is 16.3 Å². The summed E-state index contributed by atoms with van der Waals surface area (Å²) in [5.74, 6) is 0. The maximum Gasteiger partial charge on any atom is 0.0835 e. The summed E-state index contributed by atoms with van der Waals surface area (Å²) in [5.41, 5.74) is 1.00.